The number of esters is 1. The van der Waals surface area contributed by atoms with Crippen LogP contribution in [-0.4, -0.2) is 10.5 Å². The summed E-state index contributed by atoms with van der Waals surface area (Å²) in [5, 5.41) is 0. The molecule has 0 bridgehead atoms. The molecule has 0 atom stereocenters. The van der Waals surface area contributed by atoms with Crippen molar-refractivity contribution >= 4 is 5.97 Å². The smallest absolute Gasteiger partial charge is 0.360 e. The Morgan fingerprint density at radius 3 is 2.87 bits per heavy atom. The van der Waals surface area contributed by atoms with Gasteiger partial charge < -0.3 is 9.30 Å². The Balaban J connectivity index is 2.12. The van der Waals surface area contributed by atoms with E-state index in [-0.39, 0.29) is 5.97 Å². The van der Waals surface area contributed by atoms with E-state index >= 15 is 0 Å². The zero-order chi connectivity index (χ0) is 10.8. The van der Waals surface area contributed by atoms with Crippen molar-refractivity contribution < 1.29 is 9.53 Å². The summed E-state index contributed by atoms with van der Waals surface area (Å²) in [6.07, 6.45) is 7.12. The number of nitrogens with zero attached hydrogens (tertiary/aromatic N) is 1. The molecule has 2 rings (SSSR count). The number of carbonyl (C=O) groups excluding carboxylic acids is 1. The molecular weight excluding hydrogens is 190 g/mol. The molecule has 0 spiro atoms. The van der Waals surface area contributed by atoms with Crippen LogP contribution in [0.15, 0.2) is 54.5 Å². The van der Waals surface area contributed by atoms with Crippen LogP contribution in [0.1, 0.15) is 10.5 Å². The highest BCUT2D eigenvalue weighted by molar-refractivity contribution is 5.89. The van der Waals surface area contributed by atoms with Gasteiger partial charge in [-0.15, -0.1) is 0 Å². The molecule has 0 saturated carbocycles. The zero-order valence-corrected chi connectivity index (χ0v) is 8.43. The molecule has 0 saturated heterocycles. The monoisotopic (exact) mass is 201 g/mol. The predicted molar refractivity (Wildman–Crippen MR) is 57.2 cm³/mol. The summed E-state index contributed by atoms with van der Waals surface area (Å²) in [6.45, 7) is 3.75. The van der Waals surface area contributed by atoms with Gasteiger partial charge in [-0.05, 0) is 18.2 Å². The minimum absolute atomic E-state index is 0.362. The van der Waals surface area contributed by atoms with E-state index in [9.17, 15) is 4.79 Å². The third-order valence-corrected chi connectivity index (χ3v) is 2.22. The van der Waals surface area contributed by atoms with Gasteiger partial charge in [0, 0.05) is 18.8 Å². The Kier molecular flexibility index (Phi) is 2.29. The van der Waals surface area contributed by atoms with Gasteiger partial charge in [0.15, 0.2) is 0 Å². The molecule has 15 heavy (non-hydrogen) atoms. The SMILES string of the molecule is C=C1C=CC=C1OC(=O)c1cccn1C. The maximum atomic E-state index is 11.7. The lowest BCUT2D eigenvalue weighted by molar-refractivity contribution is 0.0624. The average Bonchev–Trinajstić information content (AvgIpc) is 2.76. The first-order valence-electron chi connectivity index (χ1n) is 4.59. The lowest BCUT2D eigenvalue weighted by Gasteiger charge is -2.06. The van der Waals surface area contributed by atoms with E-state index in [2.05, 4.69) is 6.58 Å². The number of ether oxygens (including phenoxy) is 1. The third-order valence-electron chi connectivity index (χ3n) is 2.22. The van der Waals surface area contributed by atoms with Crippen molar-refractivity contribution in [1.82, 2.24) is 4.57 Å². The molecule has 1 heterocycles. The lowest BCUT2D eigenvalue weighted by Crippen LogP contribution is -2.09. The first-order chi connectivity index (χ1) is 7.18. The Morgan fingerprint density at radius 1 is 1.53 bits per heavy atom. The van der Waals surface area contributed by atoms with Gasteiger partial charge in [-0.25, -0.2) is 4.79 Å². The van der Waals surface area contributed by atoms with Gasteiger partial charge in [0.1, 0.15) is 11.5 Å². The minimum Gasteiger partial charge on any atom is -0.421 e. The molecule has 0 amide bonds. The van der Waals surface area contributed by atoms with Crippen molar-refractivity contribution in [3.05, 3.63) is 60.2 Å². The van der Waals surface area contributed by atoms with Crippen LogP contribution in [0.2, 0.25) is 0 Å². The normalized spacial score (nSPS) is 14.2. The van der Waals surface area contributed by atoms with E-state index in [0.29, 0.717) is 11.5 Å². The fourth-order valence-corrected chi connectivity index (χ4v) is 1.37. The molecule has 1 aliphatic rings. The van der Waals surface area contributed by atoms with Crippen LogP contribution in [0, 0.1) is 0 Å². The standard InChI is InChI=1S/C12H11NO2/c1-9-5-3-7-11(9)15-12(14)10-6-4-8-13(10)2/h3-8H,1H2,2H3. The van der Waals surface area contributed by atoms with E-state index in [1.807, 2.05) is 0 Å². The molecule has 76 valence electrons. The Labute approximate surface area is 88.0 Å². The van der Waals surface area contributed by atoms with E-state index < -0.39 is 0 Å². The highest BCUT2D eigenvalue weighted by atomic mass is 16.5. The van der Waals surface area contributed by atoms with Crippen LogP contribution in [0.4, 0.5) is 0 Å². The number of rotatable bonds is 2. The summed E-state index contributed by atoms with van der Waals surface area (Å²) >= 11 is 0. The summed E-state index contributed by atoms with van der Waals surface area (Å²) in [7, 11) is 1.80. The summed E-state index contributed by atoms with van der Waals surface area (Å²) in [6, 6.07) is 3.51. The average molecular weight is 201 g/mol. The van der Waals surface area contributed by atoms with Gasteiger partial charge in [-0.1, -0.05) is 18.7 Å². The molecule has 0 aliphatic heterocycles. The van der Waals surface area contributed by atoms with E-state index in [1.165, 1.54) is 0 Å². The molecule has 0 fully saturated rings. The maximum absolute atomic E-state index is 11.7. The Hall–Kier alpha value is -2.03. The van der Waals surface area contributed by atoms with Crippen molar-refractivity contribution in [2.24, 2.45) is 7.05 Å². The molecule has 1 aliphatic carbocycles. The van der Waals surface area contributed by atoms with Crippen LogP contribution in [0.3, 0.4) is 0 Å². The fraction of sp³-hybridized carbons (Fsp3) is 0.0833. The molecular formula is C12H11NO2. The maximum Gasteiger partial charge on any atom is 0.360 e. The largest absolute Gasteiger partial charge is 0.421 e. The molecule has 3 nitrogen and oxygen atoms in total. The second-order valence-corrected chi connectivity index (χ2v) is 3.31. The fourth-order valence-electron chi connectivity index (χ4n) is 1.37. The third kappa shape index (κ3) is 1.76. The Morgan fingerprint density at radius 2 is 2.33 bits per heavy atom. The van der Waals surface area contributed by atoms with Crippen molar-refractivity contribution in [3.63, 3.8) is 0 Å². The molecule has 0 unspecified atom stereocenters. The van der Waals surface area contributed by atoms with Gasteiger partial charge >= 0.3 is 5.97 Å². The molecule has 0 N–H and O–H groups in total. The number of aryl methyl sites for hydroxylation is 1. The van der Waals surface area contributed by atoms with Crippen molar-refractivity contribution in [1.29, 1.82) is 0 Å². The zero-order valence-electron chi connectivity index (χ0n) is 8.43. The number of allylic oxidation sites excluding steroid dienone is 3. The van der Waals surface area contributed by atoms with Crippen molar-refractivity contribution in [2.45, 2.75) is 0 Å². The van der Waals surface area contributed by atoms with E-state index in [4.69, 9.17) is 4.74 Å². The lowest BCUT2D eigenvalue weighted by atomic mass is 10.3. The van der Waals surface area contributed by atoms with Crippen molar-refractivity contribution in [3.8, 4) is 0 Å². The highest BCUT2D eigenvalue weighted by Crippen LogP contribution is 2.19. The van der Waals surface area contributed by atoms with Crippen LogP contribution < -0.4 is 0 Å². The van der Waals surface area contributed by atoms with Gasteiger partial charge in [-0.2, -0.15) is 0 Å². The summed E-state index contributed by atoms with van der Waals surface area (Å²) in [4.78, 5) is 11.7. The molecule has 0 aromatic carbocycles. The van der Waals surface area contributed by atoms with E-state index in [1.54, 1.807) is 48.2 Å². The summed E-state index contributed by atoms with van der Waals surface area (Å²) < 4.78 is 6.90. The molecule has 0 radical (unpaired) electrons. The van der Waals surface area contributed by atoms with Crippen molar-refractivity contribution in [2.75, 3.05) is 0 Å². The topological polar surface area (TPSA) is 31.2 Å². The Bertz CT molecular complexity index is 478. The van der Waals surface area contributed by atoms with Crippen LogP contribution in [-0.2, 0) is 11.8 Å². The van der Waals surface area contributed by atoms with Crippen LogP contribution >= 0.6 is 0 Å². The number of carbonyl (C=O) groups is 1. The predicted octanol–water partition coefficient (Wildman–Crippen LogP) is 2.19. The number of hydrogen-bond donors (Lipinski definition) is 0. The quantitative estimate of drug-likeness (QED) is 0.687. The van der Waals surface area contributed by atoms with Gasteiger partial charge in [0.25, 0.3) is 0 Å². The van der Waals surface area contributed by atoms with E-state index in [0.717, 1.165) is 5.57 Å². The highest BCUT2D eigenvalue weighted by Gasteiger charge is 2.15. The second-order valence-electron chi connectivity index (χ2n) is 3.31. The number of hydrogen-bond acceptors (Lipinski definition) is 2. The van der Waals surface area contributed by atoms with Gasteiger partial charge in [0.2, 0.25) is 0 Å². The van der Waals surface area contributed by atoms with Gasteiger partial charge in [-0.3, -0.25) is 0 Å². The van der Waals surface area contributed by atoms with Crippen LogP contribution in [0.25, 0.3) is 0 Å². The van der Waals surface area contributed by atoms with Gasteiger partial charge in [0.05, 0.1) is 0 Å². The summed E-state index contributed by atoms with van der Waals surface area (Å²) in [5.41, 5.74) is 1.24. The van der Waals surface area contributed by atoms with Crippen LogP contribution in [0.5, 0.6) is 0 Å². The molecule has 1 aromatic heterocycles. The first kappa shape index (κ1) is 9.52. The molecule has 3 heteroatoms. The number of aromatic nitrogens is 1. The minimum atomic E-state index is -0.362. The second kappa shape index (κ2) is 3.61. The molecule has 1 aromatic rings. The summed E-state index contributed by atoms with van der Waals surface area (Å²) in [5.74, 6) is 0.153. The first-order valence-corrected chi connectivity index (χ1v) is 4.59.